The summed E-state index contributed by atoms with van der Waals surface area (Å²) in [4.78, 5) is 0. The molecule has 2 fully saturated rings. The lowest BCUT2D eigenvalue weighted by molar-refractivity contribution is 0.265. The molecule has 0 spiro atoms. The number of ether oxygens (including phenoxy) is 1. The van der Waals surface area contributed by atoms with Crippen LogP contribution in [0.25, 0.3) is 0 Å². The molecular formula is C23H38O2Si. The van der Waals surface area contributed by atoms with E-state index in [2.05, 4.69) is 32.0 Å². The Morgan fingerprint density at radius 1 is 0.923 bits per heavy atom. The summed E-state index contributed by atoms with van der Waals surface area (Å²) >= 11 is 0. The fraction of sp³-hybridized carbons (Fsp3) is 0.739. The number of methoxy groups -OCH3 is 1. The predicted octanol–water partition coefficient (Wildman–Crippen LogP) is 6.73. The zero-order valence-corrected chi connectivity index (χ0v) is 18.3. The minimum absolute atomic E-state index is 0.481. The Kier molecular flexibility index (Phi) is 7.62. The van der Waals surface area contributed by atoms with Crippen molar-refractivity contribution < 1.29 is 9.16 Å². The van der Waals surface area contributed by atoms with Gasteiger partial charge in [0.05, 0.1) is 13.7 Å². The highest BCUT2D eigenvalue weighted by molar-refractivity contribution is 6.55. The van der Waals surface area contributed by atoms with Gasteiger partial charge >= 0.3 is 0 Å². The average molecular weight is 375 g/mol. The zero-order chi connectivity index (χ0) is 18.4. The van der Waals surface area contributed by atoms with Crippen molar-refractivity contribution in [1.29, 1.82) is 0 Å². The van der Waals surface area contributed by atoms with Gasteiger partial charge in [0.15, 0.2) is 9.04 Å². The first-order valence-electron chi connectivity index (χ1n) is 11.0. The predicted molar refractivity (Wildman–Crippen MR) is 113 cm³/mol. The monoisotopic (exact) mass is 374 g/mol. The van der Waals surface area contributed by atoms with Crippen molar-refractivity contribution in [2.45, 2.75) is 102 Å². The molecule has 3 heteroatoms. The van der Waals surface area contributed by atoms with E-state index in [1.54, 1.807) is 0 Å². The van der Waals surface area contributed by atoms with Crippen molar-refractivity contribution >= 4 is 9.04 Å². The van der Waals surface area contributed by atoms with E-state index in [4.69, 9.17) is 9.16 Å². The standard InChI is InChI=1S/C23H38O2Si/c1-18(2)22-16-10-11-19(23(22)24-3)17-25-26(20-12-6-4-7-13-20)21-14-8-5-9-15-21/h10-11,16,18,20-21,26H,4-9,12-15,17H2,1-3H3. The number of hydrogen-bond acceptors (Lipinski definition) is 2. The van der Waals surface area contributed by atoms with E-state index in [0.717, 1.165) is 23.4 Å². The van der Waals surface area contributed by atoms with Gasteiger partial charge in [-0.25, -0.2) is 0 Å². The van der Waals surface area contributed by atoms with Crippen LogP contribution in [0.2, 0.25) is 11.1 Å². The zero-order valence-electron chi connectivity index (χ0n) is 17.1. The van der Waals surface area contributed by atoms with Crippen LogP contribution in [-0.4, -0.2) is 16.2 Å². The number of hydrogen-bond donors (Lipinski definition) is 0. The minimum atomic E-state index is -1.19. The van der Waals surface area contributed by atoms with Gasteiger partial charge in [-0.1, -0.05) is 96.3 Å². The van der Waals surface area contributed by atoms with Crippen molar-refractivity contribution in [3.05, 3.63) is 29.3 Å². The Morgan fingerprint density at radius 3 is 2.00 bits per heavy atom. The Hall–Kier alpha value is -0.803. The van der Waals surface area contributed by atoms with Crippen LogP contribution in [0.4, 0.5) is 0 Å². The number of benzene rings is 1. The van der Waals surface area contributed by atoms with Crippen LogP contribution in [-0.2, 0) is 11.0 Å². The second-order valence-corrected chi connectivity index (χ2v) is 11.9. The minimum Gasteiger partial charge on any atom is -0.496 e. The van der Waals surface area contributed by atoms with E-state index in [-0.39, 0.29) is 0 Å². The molecule has 0 bridgehead atoms. The van der Waals surface area contributed by atoms with Gasteiger partial charge in [-0.15, -0.1) is 0 Å². The molecule has 26 heavy (non-hydrogen) atoms. The Balaban J connectivity index is 1.73. The van der Waals surface area contributed by atoms with Crippen molar-refractivity contribution in [1.82, 2.24) is 0 Å². The number of rotatable bonds is 7. The van der Waals surface area contributed by atoms with E-state index in [0.29, 0.717) is 5.92 Å². The summed E-state index contributed by atoms with van der Waals surface area (Å²) in [6.07, 6.45) is 14.3. The van der Waals surface area contributed by atoms with Crippen molar-refractivity contribution in [2.75, 3.05) is 7.11 Å². The van der Waals surface area contributed by atoms with Crippen molar-refractivity contribution in [3.63, 3.8) is 0 Å². The Morgan fingerprint density at radius 2 is 1.50 bits per heavy atom. The maximum Gasteiger partial charge on any atom is 0.183 e. The van der Waals surface area contributed by atoms with Crippen LogP contribution in [0, 0.1) is 0 Å². The van der Waals surface area contributed by atoms with E-state index in [1.807, 2.05) is 7.11 Å². The van der Waals surface area contributed by atoms with E-state index < -0.39 is 9.04 Å². The summed E-state index contributed by atoms with van der Waals surface area (Å²) in [6, 6.07) is 6.58. The summed E-state index contributed by atoms with van der Waals surface area (Å²) < 4.78 is 12.6. The third kappa shape index (κ3) is 4.92. The topological polar surface area (TPSA) is 18.5 Å². The second kappa shape index (κ2) is 9.94. The fourth-order valence-electron chi connectivity index (χ4n) is 5.19. The molecule has 2 aliphatic rings. The highest BCUT2D eigenvalue weighted by atomic mass is 28.3. The van der Waals surface area contributed by atoms with Gasteiger partial charge in [0.25, 0.3) is 0 Å². The van der Waals surface area contributed by atoms with Gasteiger partial charge in [0.1, 0.15) is 5.75 Å². The van der Waals surface area contributed by atoms with Gasteiger partial charge in [0.2, 0.25) is 0 Å². The maximum absolute atomic E-state index is 6.84. The molecule has 1 aromatic rings. The van der Waals surface area contributed by atoms with Crippen LogP contribution < -0.4 is 4.74 Å². The fourth-order valence-corrected chi connectivity index (χ4v) is 9.13. The maximum atomic E-state index is 6.84. The summed E-state index contributed by atoms with van der Waals surface area (Å²) in [5.41, 5.74) is 4.38. The van der Waals surface area contributed by atoms with E-state index in [1.165, 1.54) is 75.3 Å². The molecule has 0 radical (unpaired) electrons. The average Bonchev–Trinajstić information content (AvgIpc) is 2.69. The summed E-state index contributed by atoms with van der Waals surface area (Å²) in [5, 5.41) is 0. The smallest absolute Gasteiger partial charge is 0.183 e. The van der Waals surface area contributed by atoms with Crippen molar-refractivity contribution in [2.24, 2.45) is 0 Å². The van der Waals surface area contributed by atoms with Gasteiger partial charge in [-0.2, -0.15) is 0 Å². The summed E-state index contributed by atoms with van der Waals surface area (Å²) in [6.45, 7) is 5.24. The van der Waals surface area contributed by atoms with Gasteiger partial charge in [0, 0.05) is 5.56 Å². The van der Waals surface area contributed by atoms with Crippen LogP contribution in [0.5, 0.6) is 5.75 Å². The molecule has 0 saturated heterocycles. The molecule has 3 rings (SSSR count). The second-order valence-electron chi connectivity index (χ2n) is 8.77. The SMILES string of the molecule is COc1c(CO[SiH](C2CCCCC2)C2CCCCC2)cccc1C(C)C. The van der Waals surface area contributed by atoms with Crippen LogP contribution in [0.3, 0.4) is 0 Å². The van der Waals surface area contributed by atoms with Crippen molar-refractivity contribution in [3.8, 4) is 5.75 Å². The van der Waals surface area contributed by atoms with E-state index >= 15 is 0 Å². The molecule has 0 unspecified atom stereocenters. The molecule has 0 N–H and O–H groups in total. The molecule has 0 aliphatic heterocycles. The van der Waals surface area contributed by atoms with Gasteiger partial charge < -0.3 is 9.16 Å². The highest BCUT2D eigenvalue weighted by Gasteiger charge is 2.34. The molecule has 1 aromatic carbocycles. The normalized spacial score (nSPS) is 20.0. The lowest BCUT2D eigenvalue weighted by atomic mass is 9.99. The van der Waals surface area contributed by atoms with Gasteiger partial charge in [-0.05, 0) is 22.6 Å². The third-order valence-electron chi connectivity index (χ3n) is 6.61. The van der Waals surface area contributed by atoms with Crippen LogP contribution >= 0.6 is 0 Å². The van der Waals surface area contributed by atoms with E-state index in [9.17, 15) is 0 Å². The summed E-state index contributed by atoms with van der Waals surface area (Å²) in [5.74, 6) is 1.54. The van der Waals surface area contributed by atoms with Crippen LogP contribution in [0.15, 0.2) is 18.2 Å². The van der Waals surface area contributed by atoms with Gasteiger partial charge in [-0.3, -0.25) is 0 Å². The molecule has 0 aromatic heterocycles. The highest BCUT2D eigenvalue weighted by Crippen LogP contribution is 2.42. The number of para-hydroxylation sites is 1. The molecule has 2 nitrogen and oxygen atoms in total. The summed E-state index contributed by atoms with van der Waals surface area (Å²) in [7, 11) is 0.614. The quantitative estimate of drug-likeness (QED) is 0.493. The molecule has 0 atom stereocenters. The third-order valence-corrected chi connectivity index (χ3v) is 10.4. The molecular weight excluding hydrogens is 336 g/mol. The molecule has 2 aliphatic carbocycles. The first-order valence-corrected chi connectivity index (χ1v) is 12.8. The largest absolute Gasteiger partial charge is 0.496 e. The Labute approximate surface area is 162 Å². The molecule has 146 valence electrons. The molecule has 2 saturated carbocycles. The van der Waals surface area contributed by atoms with Crippen LogP contribution in [0.1, 0.15) is 95.1 Å². The lowest BCUT2D eigenvalue weighted by Gasteiger charge is -2.36. The first kappa shape index (κ1) is 19.9. The molecule has 0 heterocycles. The lowest BCUT2D eigenvalue weighted by Crippen LogP contribution is -2.33. The Bertz CT molecular complexity index is 527. The molecule has 0 amide bonds. The first-order chi connectivity index (χ1) is 12.7.